The van der Waals surface area contributed by atoms with Crippen molar-refractivity contribution >= 4 is 23.2 Å². The number of hydrogen-bond acceptors (Lipinski definition) is 3. The Hall–Kier alpha value is -3.60. The predicted molar refractivity (Wildman–Crippen MR) is 129 cm³/mol. The van der Waals surface area contributed by atoms with Crippen LogP contribution in [0.3, 0.4) is 0 Å². The molecule has 1 heterocycles. The van der Waals surface area contributed by atoms with Gasteiger partial charge in [0.05, 0.1) is 11.5 Å². The minimum absolute atomic E-state index is 0.0185. The summed E-state index contributed by atoms with van der Waals surface area (Å²) in [4.78, 5) is 30.5. The fourth-order valence-electron chi connectivity index (χ4n) is 4.27. The van der Waals surface area contributed by atoms with Crippen LogP contribution in [-0.2, 0) is 4.79 Å². The van der Waals surface area contributed by atoms with Gasteiger partial charge < -0.3 is 15.1 Å². The lowest BCUT2D eigenvalue weighted by atomic mass is 9.90. The van der Waals surface area contributed by atoms with E-state index < -0.39 is 5.92 Å². The summed E-state index contributed by atoms with van der Waals surface area (Å²) in [5, 5.41) is 3.06. The fourth-order valence-corrected chi connectivity index (χ4v) is 4.27. The summed E-state index contributed by atoms with van der Waals surface area (Å²) in [5.74, 6) is -0.548. The maximum Gasteiger partial charge on any atom is 0.256 e. The van der Waals surface area contributed by atoms with Crippen molar-refractivity contribution in [3.05, 3.63) is 95.6 Å². The molecule has 0 spiro atoms. The normalized spacial score (nSPS) is 13.3. The van der Waals surface area contributed by atoms with Crippen molar-refractivity contribution < 1.29 is 9.59 Å². The van der Waals surface area contributed by atoms with Gasteiger partial charge in [0, 0.05) is 38.6 Å². The zero-order valence-corrected chi connectivity index (χ0v) is 18.6. The van der Waals surface area contributed by atoms with E-state index in [1.165, 1.54) is 0 Å². The molecule has 0 bridgehead atoms. The summed E-state index contributed by atoms with van der Waals surface area (Å²) in [6, 6.07) is 25.1. The summed E-state index contributed by atoms with van der Waals surface area (Å²) < 4.78 is 0. The molecule has 0 radical (unpaired) electrons. The van der Waals surface area contributed by atoms with Crippen LogP contribution < -0.4 is 10.2 Å². The van der Waals surface area contributed by atoms with E-state index in [0.717, 1.165) is 42.7 Å². The van der Waals surface area contributed by atoms with Gasteiger partial charge >= 0.3 is 0 Å². The Kier molecular flexibility index (Phi) is 6.55. The van der Waals surface area contributed by atoms with Gasteiger partial charge in [0.1, 0.15) is 0 Å². The molecule has 3 aromatic carbocycles. The number of amides is 2. The van der Waals surface area contributed by atoms with Crippen LogP contribution in [0.5, 0.6) is 0 Å². The average Bonchev–Trinajstić information content (AvgIpc) is 3.35. The van der Waals surface area contributed by atoms with Crippen LogP contribution in [-0.4, -0.2) is 43.9 Å². The first-order valence-electron chi connectivity index (χ1n) is 11.1. The lowest BCUT2D eigenvalue weighted by Gasteiger charge is -2.23. The number of anilines is 2. The summed E-state index contributed by atoms with van der Waals surface area (Å²) in [6.07, 6.45) is 2.07. The van der Waals surface area contributed by atoms with Gasteiger partial charge in [-0.15, -0.1) is 0 Å². The van der Waals surface area contributed by atoms with Crippen LogP contribution in [0.2, 0.25) is 0 Å². The van der Waals surface area contributed by atoms with E-state index >= 15 is 0 Å². The molecule has 5 heteroatoms. The SMILES string of the molecule is CN(C)c1ccc(NC(=O)C(c2ccccc2)c2ccccc2)cc1C(=O)N1CCCC1. The van der Waals surface area contributed by atoms with Gasteiger partial charge in [0.15, 0.2) is 0 Å². The van der Waals surface area contributed by atoms with Crippen LogP contribution in [0.1, 0.15) is 40.2 Å². The molecule has 1 saturated heterocycles. The zero-order chi connectivity index (χ0) is 22.5. The molecule has 5 nitrogen and oxygen atoms in total. The van der Waals surface area contributed by atoms with Gasteiger partial charge in [-0.25, -0.2) is 0 Å². The van der Waals surface area contributed by atoms with Crippen LogP contribution in [0.15, 0.2) is 78.9 Å². The maximum absolute atomic E-state index is 13.5. The van der Waals surface area contributed by atoms with Gasteiger partial charge in [-0.1, -0.05) is 60.7 Å². The van der Waals surface area contributed by atoms with Gasteiger partial charge in [-0.05, 0) is 42.2 Å². The van der Waals surface area contributed by atoms with Crippen LogP contribution >= 0.6 is 0 Å². The molecule has 164 valence electrons. The average molecular weight is 428 g/mol. The zero-order valence-electron chi connectivity index (χ0n) is 18.6. The highest BCUT2D eigenvalue weighted by atomic mass is 16.2. The lowest BCUT2D eigenvalue weighted by molar-refractivity contribution is -0.116. The Bertz CT molecular complexity index is 1040. The van der Waals surface area contributed by atoms with Crippen molar-refractivity contribution in [2.45, 2.75) is 18.8 Å². The molecule has 3 aromatic rings. The molecule has 4 rings (SSSR count). The smallest absolute Gasteiger partial charge is 0.256 e. The Morgan fingerprint density at radius 2 is 1.41 bits per heavy atom. The first-order valence-corrected chi connectivity index (χ1v) is 11.1. The van der Waals surface area contributed by atoms with E-state index in [9.17, 15) is 9.59 Å². The maximum atomic E-state index is 13.5. The number of rotatable bonds is 6. The summed E-state index contributed by atoms with van der Waals surface area (Å²) in [5.41, 5.74) is 3.94. The monoisotopic (exact) mass is 427 g/mol. The van der Waals surface area contributed by atoms with E-state index in [2.05, 4.69) is 5.32 Å². The van der Waals surface area contributed by atoms with Crippen molar-refractivity contribution in [1.82, 2.24) is 4.90 Å². The van der Waals surface area contributed by atoms with Gasteiger partial charge in [-0.3, -0.25) is 9.59 Å². The number of hydrogen-bond donors (Lipinski definition) is 1. The van der Waals surface area contributed by atoms with Crippen LogP contribution in [0.25, 0.3) is 0 Å². The number of benzene rings is 3. The molecule has 1 aliphatic rings. The van der Waals surface area contributed by atoms with E-state index in [4.69, 9.17) is 0 Å². The number of nitrogens with zero attached hydrogens (tertiary/aromatic N) is 2. The Morgan fingerprint density at radius 1 is 0.844 bits per heavy atom. The molecule has 0 aliphatic carbocycles. The number of likely N-dealkylation sites (tertiary alicyclic amines) is 1. The largest absolute Gasteiger partial charge is 0.377 e. The van der Waals surface area contributed by atoms with Crippen molar-refractivity contribution in [2.75, 3.05) is 37.4 Å². The summed E-state index contributed by atoms with van der Waals surface area (Å²) in [6.45, 7) is 1.57. The van der Waals surface area contributed by atoms with Gasteiger partial charge in [0.25, 0.3) is 5.91 Å². The van der Waals surface area contributed by atoms with E-state index in [1.807, 2.05) is 96.7 Å². The standard InChI is InChI=1S/C27H29N3O2/c1-29(2)24-16-15-22(19-23(24)27(32)30-17-9-10-18-30)28-26(31)25(20-11-5-3-6-12-20)21-13-7-4-8-14-21/h3-8,11-16,19,25H,9-10,17-18H2,1-2H3,(H,28,31). The molecule has 1 fully saturated rings. The van der Waals surface area contributed by atoms with Crippen molar-refractivity contribution in [2.24, 2.45) is 0 Å². The summed E-state index contributed by atoms with van der Waals surface area (Å²) in [7, 11) is 3.85. The molecule has 2 amide bonds. The molecule has 0 saturated carbocycles. The summed E-state index contributed by atoms with van der Waals surface area (Å²) >= 11 is 0. The van der Waals surface area contributed by atoms with Crippen molar-refractivity contribution in [3.8, 4) is 0 Å². The third-order valence-electron chi connectivity index (χ3n) is 5.90. The topological polar surface area (TPSA) is 52.7 Å². The molecule has 1 aliphatic heterocycles. The second kappa shape index (κ2) is 9.69. The molecular weight excluding hydrogens is 398 g/mol. The minimum Gasteiger partial charge on any atom is -0.377 e. The molecule has 0 unspecified atom stereocenters. The molecular formula is C27H29N3O2. The molecule has 32 heavy (non-hydrogen) atoms. The number of carbonyl (C=O) groups excluding carboxylic acids is 2. The molecule has 1 N–H and O–H groups in total. The highest BCUT2D eigenvalue weighted by Gasteiger charge is 2.25. The first kappa shape index (κ1) is 21.6. The Balaban J connectivity index is 1.65. The van der Waals surface area contributed by atoms with Crippen LogP contribution in [0, 0.1) is 0 Å². The first-order chi connectivity index (χ1) is 15.5. The van der Waals surface area contributed by atoms with Crippen molar-refractivity contribution in [1.29, 1.82) is 0 Å². The van der Waals surface area contributed by atoms with Crippen LogP contribution in [0.4, 0.5) is 11.4 Å². The Labute approximate surface area is 189 Å². The third-order valence-corrected chi connectivity index (χ3v) is 5.90. The van der Waals surface area contributed by atoms with E-state index in [0.29, 0.717) is 11.3 Å². The number of nitrogens with one attached hydrogen (secondary N) is 1. The Morgan fingerprint density at radius 3 is 1.94 bits per heavy atom. The fraction of sp³-hybridized carbons (Fsp3) is 0.259. The second-order valence-electron chi connectivity index (χ2n) is 8.37. The van der Waals surface area contributed by atoms with Crippen molar-refractivity contribution in [3.63, 3.8) is 0 Å². The quantitative estimate of drug-likeness (QED) is 0.617. The predicted octanol–water partition coefficient (Wildman–Crippen LogP) is 4.76. The van der Waals surface area contributed by atoms with Gasteiger partial charge in [-0.2, -0.15) is 0 Å². The second-order valence-corrected chi connectivity index (χ2v) is 8.37. The van der Waals surface area contributed by atoms with E-state index in [-0.39, 0.29) is 11.8 Å². The highest BCUT2D eigenvalue weighted by Crippen LogP contribution is 2.29. The molecule has 0 aromatic heterocycles. The third kappa shape index (κ3) is 4.67. The highest BCUT2D eigenvalue weighted by molar-refractivity contribution is 6.03. The number of carbonyl (C=O) groups is 2. The van der Waals surface area contributed by atoms with Gasteiger partial charge in [0.2, 0.25) is 5.91 Å². The lowest BCUT2D eigenvalue weighted by Crippen LogP contribution is -2.29. The van der Waals surface area contributed by atoms with E-state index in [1.54, 1.807) is 6.07 Å². The molecule has 0 atom stereocenters. The minimum atomic E-state index is -0.441.